The summed E-state index contributed by atoms with van der Waals surface area (Å²) in [6, 6.07) is 9.70. The summed E-state index contributed by atoms with van der Waals surface area (Å²) in [4.78, 5) is 63.7. The van der Waals surface area contributed by atoms with Crippen LogP contribution in [-0.2, 0) is 43.3 Å². The molecular weight excluding hydrogens is 765 g/mol. The Hall–Kier alpha value is -4.04. The van der Waals surface area contributed by atoms with Gasteiger partial charge in [0.05, 0.1) is 56.9 Å². The maximum Gasteiger partial charge on any atom is 0.567 e. The highest BCUT2D eigenvalue weighted by atomic mass is 31.2. The molecule has 308 valence electrons. The number of alkyl halides is 2. The van der Waals surface area contributed by atoms with E-state index in [1.54, 1.807) is 31.3 Å². The van der Waals surface area contributed by atoms with E-state index in [1.807, 2.05) is 13.0 Å². The summed E-state index contributed by atoms with van der Waals surface area (Å²) in [5, 5.41) is 14.5. The average Bonchev–Trinajstić information content (AvgIpc) is 3.16. The summed E-state index contributed by atoms with van der Waals surface area (Å²) in [5.74, 6) is -0.450. The molecular formula is C36H48F2N4O13P+. The smallest absolute Gasteiger partial charge is 0.432 e. The third kappa shape index (κ3) is 15.1. The van der Waals surface area contributed by atoms with Crippen molar-refractivity contribution in [2.75, 3.05) is 65.0 Å². The number of carbonyl (C=O) groups is 2. The predicted molar refractivity (Wildman–Crippen MR) is 195 cm³/mol. The van der Waals surface area contributed by atoms with Crippen LogP contribution >= 0.6 is 8.17 Å². The molecule has 3 aromatic heterocycles. The normalized spacial score (nSPS) is 16.9. The first-order chi connectivity index (χ1) is 26.7. The van der Waals surface area contributed by atoms with E-state index in [0.717, 1.165) is 5.56 Å². The zero-order valence-corrected chi connectivity index (χ0v) is 31.9. The second-order valence-corrected chi connectivity index (χ2v) is 14.2. The van der Waals surface area contributed by atoms with Crippen molar-refractivity contribution in [1.82, 2.24) is 15.0 Å². The Balaban J connectivity index is 1.10. The van der Waals surface area contributed by atoms with E-state index in [2.05, 4.69) is 24.8 Å². The summed E-state index contributed by atoms with van der Waals surface area (Å²) in [6.45, 7) is 3.77. The van der Waals surface area contributed by atoms with Crippen LogP contribution in [-0.4, -0.2) is 107 Å². The summed E-state index contributed by atoms with van der Waals surface area (Å²) in [7, 11) is -4.25. The van der Waals surface area contributed by atoms with Gasteiger partial charge in [0.15, 0.2) is 0 Å². The molecule has 20 heteroatoms. The number of aromatic nitrogens is 3. The molecule has 1 saturated carbocycles. The van der Waals surface area contributed by atoms with E-state index in [-0.39, 0.29) is 70.2 Å². The van der Waals surface area contributed by atoms with Crippen molar-refractivity contribution in [3.05, 3.63) is 65.6 Å². The summed E-state index contributed by atoms with van der Waals surface area (Å²) in [6.07, 6.45) is 1.27. The van der Waals surface area contributed by atoms with Gasteiger partial charge in [-0.25, -0.2) is 23.5 Å². The highest BCUT2D eigenvalue weighted by Crippen LogP contribution is 2.45. The van der Waals surface area contributed by atoms with Crippen LogP contribution in [0.15, 0.2) is 48.8 Å². The van der Waals surface area contributed by atoms with E-state index in [1.165, 1.54) is 18.3 Å². The predicted octanol–water partition coefficient (Wildman–Crippen LogP) is 4.92. The van der Waals surface area contributed by atoms with Crippen LogP contribution in [0.1, 0.15) is 55.9 Å². The zero-order valence-electron chi connectivity index (χ0n) is 31.1. The van der Waals surface area contributed by atoms with Crippen molar-refractivity contribution in [3.63, 3.8) is 0 Å². The Morgan fingerprint density at radius 2 is 1.52 bits per heavy atom. The highest BCUT2D eigenvalue weighted by Gasteiger charge is 2.39. The van der Waals surface area contributed by atoms with Crippen LogP contribution < -0.4 is 5.32 Å². The fourth-order valence-corrected chi connectivity index (χ4v) is 6.17. The number of halogens is 2. The minimum Gasteiger partial charge on any atom is -0.432 e. The quantitative estimate of drug-likeness (QED) is 0.0392. The maximum atomic E-state index is 13.1. The van der Waals surface area contributed by atoms with Gasteiger partial charge in [0, 0.05) is 23.5 Å². The van der Waals surface area contributed by atoms with Gasteiger partial charge in [-0.15, -0.1) is 0 Å². The van der Waals surface area contributed by atoms with E-state index in [9.17, 15) is 23.5 Å². The van der Waals surface area contributed by atoms with E-state index in [4.69, 9.17) is 43.1 Å². The minimum atomic E-state index is -4.25. The van der Waals surface area contributed by atoms with Crippen LogP contribution in [0.5, 0.6) is 0 Å². The third-order valence-electron chi connectivity index (χ3n) is 8.76. The number of aliphatic hydroxyl groups is 1. The molecule has 0 saturated heterocycles. The molecule has 4 rings (SSSR count). The van der Waals surface area contributed by atoms with Gasteiger partial charge in [0.1, 0.15) is 30.5 Å². The lowest BCUT2D eigenvalue weighted by Crippen LogP contribution is -2.37. The zero-order chi connectivity index (χ0) is 40.6. The molecule has 0 radical (unpaired) electrons. The van der Waals surface area contributed by atoms with E-state index in [0.29, 0.717) is 48.5 Å². The number of nitrogens with one attached hydrogen (secondary N) is 1. The second kappa shape index (κ2) is 22.0. The van der Waals surface area contributed by atoms with Crippen molar-refractivity contribution < 1.29 is 71.1 Å². The number of ether oxygens (including phenoxy) is 6. The topological polar surface area (TPSA) is 230 Å². The molecule has 1 aliphatic rings. The summed E-state index contributed by atoms with van der Waals surface area (Å²) >= 11 is 0. The molecule has 1 fully saturated rings. The van der Waals surface area contributed by atoms with Crippen molar-refractivity contribution in [1.29, 1.82) is 0 Å². The Morgan fingerprint density at radius 1 is 0.857 bits per heavy atom. The van der Waals surface area contributed by atoms with Crippen LogP contribution in [0.2, 0.25) is 0 Å². The van der Waals surface area contributed by atoms with Gasteiger partial charge in [-0.3, -0.25) is 9.78 Å². The molecule has 1 aliphatic carbocycles. The molecule has 0 spiro atoms. The molecule has 3 heterocycles. The number of aryl methyl sites for hydroxylation is 1. The van der Waals surface area contributed by atoms with Crippen molar-refractivity contribution >= 4 is 31.9 Å². The van der Waals surface area contributed by atoms with Crippen molar-refractivity contribution in [3.8, 4) is 11.3 Å². The first-order valence-corrected chi connectivity index (χ1v) is 19.4. The average molecular weight is 814 g/mol. The number of hydrogen-bond donors (Lipinski definition) is 5. The van der Waals surface area contributed by atoms with E-state index < -0.39 is 45.0 Å². The van der Waals surface area contributed by atoms with Gasteiger partial charge >= 0.3 is 20.3 Å². The first-order valence-electron chi connectivity index (χ1n) is 17.8. The molecule has 3 aromatic rings. The lowest BCUT2D eigenvalue weighted by atomic mass is 9.73. The molecule has 17 nitrogen and oxygen atoms in total. The Morgan fingerprint density at radius 3 is 2.14 bits per heavy atom. The second-order valence-electron chi connectivity index (χ2n) is 13.0. The number of nitrogens with zero attached hydrogens (tertiary/aromatic N) is 3. The molecule has 0 aliphatic heterocycles. The number of rotatable bonds is 22. The lowest BCUT2D eigenvalue weighted by molar-refractivity contribution is -0.160. The summed E-state index contributed by atoms with van der Waals surface area (Å²) < 4.78 is 61.1. The first kappa shape index (κ1) is 44.7. The monoisotopic (exact) mass is 813 g/mol. The Labute approximate surface area is 322 Å². The van der Waals surface area contributed by atoms with Crippen LogP contribution in [0.3, 0.4) is 0 Å². The minimum absolute atomic E-state index is 0.0441. The van der Waals surface area contributed by atoms with Gasteiger partial charge in [-0.2, -0.15) is 19.2 Å². The fourth-order valence-electron chi connectivity index (χ4n) is 5.85. The molecule has 5 N–H and O–H groups in total. The van der Waals surface area contributed by atoms with Gasteiger partial charge < -0.3 is 38.8 Å². The molecule has 0 bridgehead atoms. The molecule has 0 unspecified atom stereocenters. The SMILES string of the molecule is Cc1cc(Nc2cc(C(F)F)ccn2)nc(-c2ccc([C@](C)(O)C3CCC(C(=O)OCOC(=O)OCCOCCOCCOCCO[P+](O)(O)O)CC3)nc2)c1. The van der Waals surface area contributed by atoms with Crippen molar-refractivity contribution in [2.24, 2.45) is 11.8 Å². The van der Waals surface area contributed by atoms with Crippen molar-refractivity contribution in [2.45, 2.75) is 51.6 Å². The van der Waals surface area contributed by atoms with Crippen LogP contribution in [0, 0.1) is 18.8 Å². The Bertz CT molecular complexity index is 1680. The number of hydrogen-bond acceptors (Lipinski definition) is 17. The lowest BCUT2D eigenvalue weighted by Gasteiger charge is -2.37. The largest absolute Gasteiger partial charge is 0.567 e. The number of esters is 1. The van der Waals surface area contributed by atoms with Crippen LogP contribution in [0.25, 0.3) is 11.3 Å². The Kier molecular flexibility index (Phi) is 17.6. The highest BCUT2D eigenvalue weighted by molar-refractivity contribution is 7.53. The van der Waals surface area contributed by atoms with Crippen LogP contribution in [0.4, 0.5) is 25.2 Å². The van der Waals surface area contributed by atoms with Gasteiger partial charge in [-0.1, -0.05) is 0 Å². The molecule has 56 heavy (non-hydrogen) atoms. The molecule has 0 aromatic carbocycles. The van der Waals surface area contributed by atoms with Gasteiger partial charge in [0.2, 0.25) is 6.79 Å². The fraction of sp³-hybridized carbons (Fsp3) is 0.528. The summed E-state index contributed by atoms with van der Waals surface area (Å²) in [5.41, 5.74) is 1.19. The number of pyridine rings is 3. The molecule has 0 amide bonds. The number of anilines is 2. The maximum absolute atomic E-state index is 13.1. The standard InChI is InChI=1S/C36H48F2N4O13P/c1-24-19-29(41-32(20-24)42-31-21-26(33(37)38)9-10-39-31)27-5-8-30(40-22-27)36(2,45)28-6-3-25(4-7-28)34(43)53-23-54-35(44)52-17-15-50-13-11-49-12-14-51-16-18-55-56(46,47)48/h5,8-10,19-22,25,28,33,45-48H,3-4,6-7,11-18,23H2,1-2H3,(H,39,41,42)/q+1/t25?,28?,36-/m1/s1. The third-order valence-corrected chi connectivity index (χ3v) is 9.29. The van der Waals surface area contributed by atoms with Gasteiger partial charge in [0.25, 0.3) is 6.43 Å². The van der Waals surface area contributed by atoms with E-state index >= 15 is 0 Å². The molecule has 1 atom stereocenters. The number of carbonyl (C=O) groups excluding carboxylic acids is 2. The van der Waals surface area contributed by atoms with Gasteiger partial charge in [-0.05, 0) is 87.4 Å².